The summed E-state index contributed by atoms with van der Waals surface area (Å²) in [4.78, 5) is 40.6. The van der Waals surface area contributed by atoms with E-state index < -0.39 is 41.8 Å². The van der Waals surface area contributed by atoms with E-state index in [4.69, 9.17) is 14.2 Å². The summed E-state index contributed by atoms with van der Waals surface area (Å²) >= 11 is 0. The second kappa shape index (κ2) is 15.1. The van der Waals surface area contributed by atoms with Crippen molar-refractivity contribution in [2.24, 2.45) is 0 Å². The molecule has 3 atom stereocenters. The molecule has 0 saturated carbocycles. The van der Waals surface area contributed by atoms with Crippen LogP contribution in [-0.4, -0.2) is 48.4 Å². The minimum atomic E-state index is -1.16. The molecule has 0 spiro atoms. The molecule has 0 aliphatic heterocycles. The number of alkyl carbamates (subject to hydrolysis) is 1. The molecule has 0 bridgehead atoms. The topological polar surface area (TPSA) is 103 Å². The molecule has 0 aromatic heterocycles. The highest BCUT2D eigenvalue weighted by Gasteiger charge is 2.35. The Balaban J connectivity index is 1.30. The third-order valence-corrected chi connectivity index (χ3v) is 8.02. The maximum Gasteiger partial charge on any atom is 0.407 e. The molecule has 0 heterocycles. The predicted molar refractivity (Wildman–Crippen MR) is 181 cm³/mol. The van der Waals surface area contributed by atoms with Gasteiger partial charge in [0, 0.05) is 12.3 Å². The summed E-state index contributed by atoms with van der Waals surface area (Å²) < 4.78 is 17.5. The molecule has 4 aromatic carbocycles. The summed E-state index contributed by atoms with van der Waals surface area (Å²) in [5, 5.41) is 5.56. The Hall–Kier alpha value is -4.95. The lowest BCUT2D eigenvalue weighted by molar-refractivity contribution is -0.150. The molecular formula is C39H42N2O6. The smallest absolute Gasteiger partial charge is 0.407 e. The van der Waals surface area contributed by atoms with E-state index in [-0.39, 0.29) is 25.6 Å². The van der Waals surface area contributed by atoms with Crippen molar-refractivity contribution < 1.29 is 28.6 Å². The van der Waals surface area contributed by atoms with Gasteiger partial charge < -0.3 is 24.8 Å². The molecule has 8 nitrogen and oxygen atoms in total. The van der Waals surface area contributed by atoms with Gasteiger partial charge in [0.05, 0.1) is 11.7 Å². The number of carbonyl (C=O) groups is 3. The first kappa shape index (κ1) is 33.4. The lowest BCUT2D eigenvalue weighted by atomic mass is 9.98. The number of hydrogen-bond donors (Lipinski definition) is 2. The average molecular weight is 635 g/mol. The van der Waals surface area contributed by atoms with Crippen molar-refractivity contribution in [1.82, 2.24) is 10.6 Å². The first-order valence-electron chi connectivity index (χ1n) is 15.9. The largest absolute Gasteiger partial charge is 0.459 e. The van der Waals surface area contributed by atoms with Crippen LogP contribution in [0.3, 0.4) is 0 Å². The molecule has 4 aromatic rings. The first-order valence-corrected chi connectivity index (χ1v) is 15.9. The Morgan fingerprint density at radius 1 is 0.702 bits per heavy atom. The summed E-state index contributed by atoms with van der Waals surface area (Å²) in [6.07, 6.45) is -1.32. The van der Waals surface area contributed by atoms with E-state index in [0.717, 1.165) is 33.4 Å². The number of rotatable bonds is 12. The molecule has 1 aliphatic rings. The minimum absolute atomic E-state index is 0.0613. The Morgan fingerprint density at radius 2 is 1.23 bits per heavy atom. The molecule has 8 heteroatoms. The normalized spacial score (nSPS) is 14.2. The highest BCUT2D eigenvalue weighted by molar-refractivity contribution is 5.90. The lowest BCUT2D eigenvalue weighted by Crippen LogP contribution is -2.57. The lowest BCUT2D eigenvalue weighted by Gasteiger charge is -2.31. The van der Waals surface area contributed by atoms with E-state index in [2.05, 4.69) is 22.8 Å². The van der Waals surface area contributed by atoms with Crippen LogP contribution in [-0.2, 0) is 36.8 Å². The fourth-order valence-electron chi connectivity index (χ4n) is 5.92. The van der Waals surface area contributed by atoms with Crippen LogP contribution >= 0.6 is 0 Å². The second-order valence-electron chi connectivity index (χ2n) is 12.7. The number of esters is 1. The molecule has 3 unspecified atom stereocenters. The van der Waals surface area contributed by atoms with E-state index in [9.17, 15) is 14.4 Å². The quantitative estimate of drug-likeness (QED) is 0.171. The number of amides is 2. The molecule has 0 fully saturated rings. The van der Waals surface area contributed by atoms with Crippen molar-refractivity contribution in [2.45, 2.75) is 70.4 Å². The number of benzene rings is 4. The monoisotopic (exact) mass is 634 g/mol. The van der Waals surface area contributed by atoms with Gasteiger partial charge >= 0.3 is 12.1 Å². The number of fused-ring (bicyclic) bond motifs is 3. The predicted octanol–water partition coefficient (Wildman–Crippen LogP) is 6.57. The SMILES string of the molecule is CC(OC(C)(C)C)C(NC(=O)OCC1c2ccccc2-c2ccccc21)C(=O)NC(Cc1ccccc1)C(=O)OCc1ccccc1. The first-order chi connectivity index (χ1) is 22.6. The van der Waals surface area contributed by atoms with Gasteiger partial charge in [-0.25, -0.2) is 9.59 Å². The zero-order valence-electron chi connectivity index (χ0n) is 27.3. The van der Waals surface area contributed by atoms with Crippen molar-refractivity contribution in [2.75, 3.05) is 6.61 Å². The molecule has 0 radical (unpaired) electrons. The fourth-order valence-corrected chi connectivity index (χ4v) is 5.92. The van der Waals surface area contributed by atoms with Crippen LogP contribution in [0.25, 0.3) is 11.1 Å². The van der Waals surface area contributed by atoms with Gasteiger partial charge in [-0.2, -0.15) is 0 Å². The van der Waals surface area contributed by atoms with Crippen molar-refractivity contribution in [1.29, 1.82) is 0 Å². The van der Waals surface area contributed by atoms with Gasteiger partial charge in [-0.3, -0.25) is 4.79 Å². The highest BCUT2D eigenvalue weighted by atomic mass is 16.6. The third-order valence-electron chi connectivity index (χ3n) is 8.02. The molecular weight excluding hydrogens is 592 g/mol. The maximum atomic E-state index is 13.9. The van der Waals surface area contributed by atoms with Gasteiger partial charge in [-0.05, 0) is 61.1 Å². The minimum Gasteiger partial charge on any atom is -0.459 e. The van der Waals surface area contributed by atoms with Crippen molar-refractivity contribution >= 4 is 18.0 Å². The van der Waals surface area contributed by atoms with Crippen molar-refractivity contribution in [3.63, 3.8) is 0 Å². The Bertz CT molecular complexity index is 1620. The van der Waals surface area contributed by atoms with Crippen LogP contribution in [0.15, 0.2) is 109 Å². The van der Waals surface area contributed by atoms with Gasteiger partial charge in [-0.15, -0.1) is 0 Å². The van der Waals surface area contributed by atoms with E-state index in [1.165, 1.54) is 0 Å². The van der Waals surface area contributed by atoms with Gasteiger partial charge in [0.1, 0.15) is 25.3 Å². The Labute approximate surface area is 276 Å². The standard InChI is InChI=1S/C39H42N2O6/c1-26(47-39(2,3)4)35(41-38(44)46-25-33-31-21-13-11-19-29(31)30-20-12-14-22-32(30)33)36(42)40-34(23-27-15-7-5-8-16-27)37(43)45-24-28-17-9-6-10-18-28/h5-22,26,33-35H,23-25H2,1-4H3,(H,40,42)(H,41,44). The number of carbonyl (C=O) groups excluding carboxylic acids is 3. The van der Waals surface area contributed by atoms with Crippen LogP contribution in [0, 0.1) is 0 Å². The van der Waals surface area contributed by atoms with Crippen LogP contribution in [0.1, 0.15) is 55.9 Å². The van der Waals surface area contributed by atoms with Crippen LogP contribution in [0.5, 0.6) is 0 Å². The highest BCUT2D eigenvalue weighted by Crippen LogP contribution is 2.44. The summed E-state index contributed by atoms with van der Waals surface area (Å²) in [6, 6.07) is 32.7. The zero-order chi connectivity index (χ0) is 33.4. The molecule has 47 heavy (non-hydrogen) atoms. The number of nitrogens with one attached hydrogen (secondary N) is 2. The molecule has 1 aliphatic carbocycles. The van der Waals surface area contributed by atoms with Crippen molar-refractivity contribution in [3.05, 3.63) is 131 Å². The molecule has 2 N–H and O–H groups in total. The third kappa shape index (κ3) is 8.86. The van der Waals surface area contributed by atoms with Crippen LogP contribution in [0.4, 0.5) is 4.79 Å². The van der Waals surface area contributed by atoms with E-state index in [0.29, 0.717) is 0 Å². The molecule has 0 saturated heterocycles. The van der Waals surface area contributed by atoms with E-state index in [1.54, 1.807) is 6.92 Å². The molecule has 2 amide bonds. The second-order valence-corrected chi connectivity index (χ2v) is 12.7. The van der Waals surface area contributed by atoms with Crippen LogP contribution in [0.2, 0.25) is 0 Å². The Morgan fingerprint density at radius 3 is 1.81 bits per heavy atom. The average Bonchev–Trinajstić information content (AvgIpc) is 3.38. The van der Waals surface area contributed by atoms with Gasteiger partial charge in [0.15, 0.2) is 0 Å². The number of hydrogen-bond acceptors (Lipinski definition) is 6. The number of ether oxygens (including phenoxy) is 3. The fraction of sp³-hybridized carbons (Fsp3) is 0.308. The van der Waals surface area contributed by atoms with Gasteiger partial charge in [0.25, 0.3) is 0 Å². The van der Waals surface area contributed by atoms with Crippen molar-refractivity contribution in [3.8, 4) is 11.1 Å². The maximum absolute atomic E-state index is 13.9. The zero-order valence-corrected chi connectivity index (χ0v) is 27.3. The Kier molecular flexibility index (Phi) is 10.7. The molecule has 244 valence electrons. The van der Waals surface area contributed by atoms with Crippen LogP contribution < -0.4 is 10.6 Å². The summed E-state index contributed by atoms with van der Waals surface area (Å²) in [5.41, 5.74) is 5.45. The summed E-state index contributed by atoms with van der Waals surface area (Å²) in [7, 11) is 0. The van der Waals surface area contributed by atoms with E-state index >= 15 is 0 Å². The van der Waals surface area contributed by atoms with Gasteiger partial charge in [-0.1, -0.05) is 109 Å². The van der Waals surface area contributed by atoms with E-state index in [1.807, 2.05) is 118 Å². The summed E-state index contributed by atoms with van der Waals surface area (Å²) in [6.45, 7) is 7.46. The summed E-state index contributed by atoms with van der Waals surface area (Å²) in [5.74, 6) is -1.32. The van der Waals surface area contributed by atoms with Gasteiger partial charge in [0.2, 0.25) is 5.91 Å². The molecule has 5 rings (SSSR count).